The zero-order chi connectivity index (χ0) is 17.4. The number of rotatable bonds is 8. The van der Waals surface area contributed by atoms with Gasteiger partial charge < -0.3 is 20.1 Å². The third-order valence-electron chi connectivity index (χ3n) is 3.64. The Balaban J connectivity index is 0.00000312. The summed E-state index contributed by atoms with van der Waals surface area (Å²) in [5.41, 5.74) is 0. The van der Waals surface area contributed by atoms with E-state index in [9.17, 15) is 18.0 Å². The molecule has 1 aromatic carbocycles. The van der Waals surface area contributed by atoms with Gasteiger partial charge in [-0.3, -0.25) is 4.79 Å². The SMILES string of the molecule is Cl.O=C(COc1ccccc1OCC(F)(F)F)NCCC1CCNC1. The third kappa shape index (κ3) is 8.31. The number of carbonyl (C=O) groups is 1. The first-order valence-corrected chi connectivity index (χ1v) is 7.83. The van der Waals surface area contributed by atoms with Crippen molar-refractivity contribution in [3.63, 3.8) is 0 Å². The molecule has 1 aromatic rings. The Labute approximate surface area is 150 Å². The van der Waals surface area contributed by atoms with Crippen molar-refractivity contribution in [1.29, 1.82) is 0 Å². The molecule has 1 fully saturated rings. The van der Waals surface area contributed by atoms with Gasteiger partial charge in [-0.05, 0) is 44.0 Å². The second kappa shape index (κ2) is 10.4. The van der Waals surface area contributed by atoms with Gasteiger partial charge >= 0.3 is 6.18 Å². The van der Waals surface area contributed by atoms with Crippen molar-refractivity contribution in [3.8, 4) is 11.5 Å². The molecule has 1 saturated heterocycles. The molecule has 0 aromatic heterocycles. The second-order valence-electron chi connectivity index (χ2n) is 5.64. The van der Waals surface area contributed by atoms with E-state index in [1.165, 1.54) is 18.2 Å². The summed E-state index contributed by atoms with van der Waals surface area (Å²) in [6.45, 7) is 0.859. The van der Waals surface area contributed by atoms with Crippen molar-refractivity contribution < 1.29 is 27.4 Å². The molecule has 1 atom stereocenters. The van der Waals surface area contributed by atoms with Crippen molar-refractivity contribution >= 4 is 18.3 Å². The minimum absolute atomic E-state index is 0. The molecule has 1 unspecified atom stereocenters. The highest BCUT2D eigenvalue weighted by atomic mass is 35.5. The van der Waals surface area contributed by atoms with Crippen LogP contribution in [0.4, 0.5) is 13.2 Å². The standard InChI is InChI=1S/C16H21F3N2O3.ClH/c17-16(18,19)11-24-14-4-2-1-3-13(14)23-10-15(22)21-8-6-12-5-7-20-9-12;/h1-4,12,20H,5-11H2,(H,21,22);1H. The first-order chi connectivity index (χ1) is 11.4. The number of amides is 1. The van der Waals surface area contributed by atoms with Crippen LogP contribution in [0.2, 0.25) is 0 Å². The van der Waals surface area contributed by atoms with Gasteiger partial charge in [0.15, 0.2) is 24.7 Å². The minimum atomic E-state index is -4.43. The molecule has 142 valence electrons. The molecule has 25 heavy (non-hydrogen) atoms. The Bertz CT molecular complexity index is 538. The number of benzene rings is 1. The van der Waals surface area contributed by atoms with Crippen LogP contribution in [-0.2, 0) is 4.79 Å². The van der Waals surface area contributed by atoms with E-state index in [0.29, 0.717) is 12.5 Å². The van der Waals surface area contributed by atoms with E-state index in [1.54, 1.807) is 6.07 Å². The smallest absolute Gasteiger partial charge is 0.422 e. The van der Waals surface area contributed by atoms with E-state index in [2.05, 4.69) is 10.6 Å². The van der Waals surface area contributed by atoms with Gasteiger partial charge in [-0.25, -0.2) is 0 Å². The second-order valence-corrected chi connectivity index (χ2v) is 5.64. The average molecular weight is 383 g/mol. The largest absolute Gasteiger partial charge is 0.480 e. The molecular weight excluding hydrogens is 361 g/mol. The quantitative estimate of drug-likeness (QED) is 0.725. The van der Waals surface area contributed by atoms with Crippen LogP contribution < -0.4 is 20.1 Å². The predicted octanol–water partition coefficient (Wildman–Crippen LogP) is 2.54. The zero-order valence-electron chi connectivity index (χ0n) is 13.6. The summed E-state index contributed by atoms with van der Waals surface area (Å²) < 4.78 is 46.6. The van der Waals surface area contributed by atoms with Crippen LogP contribution in [0.1, 0.15) is 12.8 Å². The summed E-state index contributed by atoms with van der Waals surface area (Å²) in [7, 11) is 0. The molecule has 0 bridgehead atoms. The average Bonchev–Trinajstić information content (AvgIpc) is 3.04. The Morgan fingerprint density at radius 1 is 1.24 bits per heavy atom. The number of carbonyl (C=O) groups excluding carboxylic acids is 1. The molecule has 1 aliphatic heterocycles. The monoisotopic (exact) mass is 382 g/mol. The lowest BCUT2D eigenvalue weighted by Crippen LogP contribution is -2.31. The van der Waals surface area contributed by atoms with Crippen molar-refractivity contribution in [2.24, 2.45) is 5.92 Å². The third-order valence-corrected chi connectivity index (χ3v) is 3.64. The summed E-state index contributed by atoms with van der Waals surface area (Å²) in [5, 5.41) is 6.00. The van der Waals surface area contributed by atoms with Gasteiger partial charge in [0.05, 0.1) is 0 Å². The Hall–Kier alpha value is -1.67. The van der Waals surface area contributed by atoms with Crippen LogP contribution in [0.25, 0.3) is 0 Å². The van der Waals surface area contributed by atoms with E-state index < -0.39 is 12.8 Å². The lowest BCUT2D eigenvalue weighted by molar-refractivity contribution is -0.153. The lowest BCUT2D eigenvalue weighted by atomic mass is 10.1. The van der Waals surface area contributed by atoms with E-state index in [1.807, 2.05) is 0 Å². The first kappa shape index (κ1) is 21.4. The highest BCUT2D eigenvalue weighted by Crippen LogP contribution is 2.28. The van der Waals surface area contributed by atoms with Gasteiger partial charge in [-0.15, -0.1) is 12.4 Å². The molecule has 0 aliphatic carbocycles. The van der Waals surface area contributed by atoms with Gasteiger partial charge in [-0.2, -0.15) is 13.2 Å². The molecule has 1 heterocycles. The van der Waals surface area contributed by atoms with E-state index in [0.717, 1.165) is 25.9 Å². The fourth-order valence-electron chi connectivity index (χ4n) is 2.42. The molecule has 1 aliphatic rings. The molecule has 0 radical (unpaired) electrons. The maximum absolute atomic E-state index is 12.2. The highest BCUT2D eigenvalue weighted by Gasteiger charge is 2.29. The molecule has 0 saturated carbocycles. The topological polar surface area (TPSA) is 59.6 Å². The summed E-state index contributed by atoms with van der Waals surface area (Å²) in [6, 6.07) is 5.96. The first-order valence-electron chi connectivity index (χ1n) is 7.83. The Morgan fingerprint density at radius 2 is 1.92 bits per heavy atom. The molecule has 2 rings (SSSR count). The maximum Gasteiger partial charge on any atom is 0.422 e. The van der Waals surface area contributed by atoms with Crippen LogP contribution >= 0.6 is 12.4 Å². The van der Waals surface area contributed by atoms with Gasteiger partial charge in [0.2, 0.25) is 0 Å². The van der Waals surface area contributed by atoms with E-state index in [-0.39, 0.29) is 36.4 Å². The van der Waals surface area contributed by atoms with Gasteiger partial charge in [0, 0.05) is 6.54 Å². The fraction of sp³-hybridized carbons (Fsp3) is 0.562. The number of halogens is 4. The van der Waals surface area contributed by atoms with Crippen LogP contribution in [0, 0.1) is 5.92 Å². The van der Waals surface area contributed by atoms with E-state index in [4.69, 9.17) is 9.47 Å². The van der Waals surface area contributed by atoms with Crippen molar-refractivity contribution in [3.05, 3.63) is 24.3 Å². The molecule has 5 nitrogen and oxygen atoms in total. The van der Waals surface area contributed by atoms with Crippen LogP contribution in [0.5, 0.6) is 11.5 Å². The molecule has 9 heteroatoms. The maximum atomic E-state index is 12.2. The number of alkyl halides is 3. The van der Waals surface area contributed by atoms with Crippen molar-refractivity contribution in [1.82, 2.24) is 10.6 Å². The predicted molar refractivity (Wildman–Crippen MR) is 89.3 cm³/mol. The summed E-state index contributed by atoms with van der Waals surface area (Å²) >= 11 is 0. The number of ether oxygens (including phenoxy) is 2. The number of nitrogens with one attached hydrogen (secondary N) is 2. The van der Waals surface area contributed by atoms with Crippen molar-refractivity contribution in [2.75, 3.05) is 32.8 Å². The van der Waals surface area contributed by atoms with E-state index >= 15 is 0 Å². The van der Waals surface area contributed by atoms with Crippen LogP contribution in [-0.4, -0.2) is 44.9 Å². The van der Waals surface area contributed by atoms with Gasteiger partial charge in [0.1, 0.15) is 0 Å². The molecule has 2 N–H and O–H groups in total. The highest BCUT2D eigenvalue weighted by molar-refractivity contribution is 5.85. The van der Waals surface area contributed by atoms with Gasteiger partial charge in [-0.1, -0.05) is 12.1 Å². The molecule has 1 amide bonds. The molecular formula is C16H22ClF3N2O3. The van der Waals surface area contributed by atoms with Crippen LogP contribution in [0.3, 0.4) is 0 Å². The number of hydrogen-bond donors (Lipinski definition) is 2. The van der Waals surface area contributed by atoms with Crippen molar-refractivity contribution in [2.45, 2.75) is 19.0 Å². The van der Waals surface area contributed by atoms with Gasteiger partial charge in [0.25, 0.3) is 5.91 Å². The fourth-order valence-corrected chi connectivity index (χ4v) is 2.42. The summed E-state index contributed by atoms with van der Waals surface area (Å²) in [6.07, 6.45) is -2.43. The number of hydrogen-bond acceptors (Lipinski definition) is 4. The van der Waals surface area contributed by atoms with Crippen LogP contribution in [0.15, 0.2) is 24.3 Å². The lowest BCUT2D eigenvalue weighted by Gasteiger charge is -2.14. The summed E-state index contributed by atoms with van der Waals surface area (Å²) in [5.74, 6) is 0.325. The number of para-hydroxylation sites is 2. The Kier molecular flexibility index (Phi) is 8.85. The minimum Gasteiger partial charge on any atom is -0.480 e. The Morgan fingerprint density at radius 3 is 2.52 bits per heavy atom. The summed E-state index contributed by atoms with van der Waals surface area (Å²) in [4.78, 5) is 11.7. The zero-order valence-corrected chi connectivity index (χ0v) is 14.4. The molecule has 0 spiro atoms. The normalized spacial score (nSPS) is 16.8.